The van der Waals surface area contributed by atoms with Crippen molar-refractivity contribution in [2.45, 2.75) is 26.3 Å². The molecule has 1 atom stereocenters. The number of nitrogens with zero attached hydrogens (tertiary/aromatic N) is 1. The molecule has 0 saturated carbocycles. The van der Waals surface area contributed by atoms with E-state index in [2.05, 4.69) is 11.4 Å². The van der Waals surface area contributed by atoms with Crippen molar-refractivity contribution >= 4 is 22.6 Å². The smallest absolute Gasteiger partial charge is 0.344 e. The highest BCUT2D eigenvalue weighted by molar-refractivity contribution is 5.84. The molecule has 2 aromatic carbocycles. The van der Waals surface area contributed by atoms with Crippen LogP contribution in [0.15, 0.2) is 42.5 Å². The van der Waals surface area contributed by atoms with Crippen molar-refractivity contribution in [2.24, 2.45) is 5.92 Å². The maximum absolute atomic E-state index is 11.9. The van der Waals surface area contributed by atoms with Gasteiger partial charge in [-0.1, -0.05) is 44.2 Å². The Labute approximate surface area is 152 Å². The molecule has 0 aliphatic rings. The van der Waals surface area contributed by atoms with Gasteiger partial charge in [0.2, 0.25) is 0 Å². The second-order valence-electron chi connectivity index (χ2n) is 6.48. The van der Waals surface area contributed by atoms with Crippen LogP contribution in [0.25, 0.3) is 10.8 Å². The Morgan fingerprint density at radius 1 is 1.15 bits per heavy atom. The molecule has 6 heteroatoms. The Morgan fingerprint density at radius 2 is 1.85 bits per heavy atom. The predicted molar refractivity (Wildman–Crippen MR) is 97.4 cm³/mol. The Bertz CT molecular complexity index is 841. The molecule has 1 amide bonds. The number of carbonyl (C=O) groups excluding carboxylic acids is 2. The average Bonchev–Trinajstić information content (AvgIpc) is 2.64. The van der Waals surface area contributed by atoms with Gasteiger partial charge in [-0.2, -0.15) is 5.26 Å². The lowest BCUT2D eigenvalue weighted by atomic mass is 9.90. The number of esters is 1. The number of hydrogen-bond acceptors (Lipinski definition) is 5. The molecule has 136 valence electrons. The summed E-state index contributed by atoms with van der Waals surface area (Å²) in [6.07, 6.45) is 0. The van der Waals surface area contributed by atoms with Gasteiger partial charge in [0.05, 0.1) is 6.07 Å². The SMILES string of the molecule is CC(C)[C@](C)(C#N)NC(=O)COC(=O)COc1ccc2ccccc2c1. The van der Waals surface area contributed by atoms with E-state index in [0.717, 1.165) is 10.8 Å². The second kappa shape index (κ2) is 8.34. The summed E-state index contributed by atoms with van der Waals surface area (Å²) in [7, 11) is 0. The molecule has 0 saturated heterocycles. The number of rotatable bonds is 7. The first-order valence-corrected chi connectivity index (χ1v) is 8.33. The molecular formula is C20H22N2O4. The van der Waals surface area contributed by atoms with E-state index in [9.17, 15) is 14.9 Å². The highest BCUT2D eigenvalue weighted by atomic mass is 16.6. The zero-order chi connectivity index (χ0) is 19.2. The summed E-state index contributed by atoms with van der Waals surface area (Å²) in [5.74, 6) is -0.719. The molecule has 0 bridgehead atoms. The molecule has 1 N–H and O–H groups in total. The van der Waals surface area contributed by atoms with Crippen LogP contribution < -0.4 is 10.1 Å². The van der Waals surface area contributed by atoms with Gasteiger partial charge in [-0.15, -0.1) is 0 Å². The topological polar surface area (TPSA) is 88.4 Å². The van der Waals surface area contributed by atoms with Gasteiger partial charge < -0.3 is 14.8 Å². The Morgan fingerprint density at radius 3 is 2.50 bits per heavy atom. The molecule has 0 unspecified atom stereocenters. The minimum atomic E-state index is -1.01. The van der Waals surface area contributed by atoms with Crippen LogP contribution in [0.5, 0.6) is 5.75 Å². The van der Waals surface area contributed by atoms with Crippen molar-refractivity contribution in [2.75, 3.05) is 13.2 Å². The highest BCUT2D eigenvalue weighted by Crippen LogP contribution is 2.20. The van der Waals surface area contributed by atoms with E-state index < -0.39 is 24.0 Å². The number of fused-ring (bicyclic) bond motifs is 1. The summed E-state index contributed by atoms with van der Waals surface area (Å²) in [5.41, 5.74) is -1.01. The summed E-state index contributed by atoms with van der Waals surface area (Å²) in [4.78, 5) is 23.6. The van der Waals surface area contributed by atoms with Crippen LogP contribution in [0, 0.1) is 17.2 Å². The number of amides is 1. The summed E-state index contributed by atoms with van der Waals surface area (Å²) in [6.45, 7) is 4.52. The average molecular weight is 354 g/mol. The molecule has 0 heterocycles. The van der Waals surface area contributed by atoms with E-state index in [4.69, 9.17) is 9.47 Å². The predicted octanol–water partition coefficient (Wildman–Crippen LogP) is 2.82. The first-order chi connectivity index (χ1) is 12.3. The van der Waals surface area contributed by atoms with Crippen molar-refractivity contribution in [3.8, 4) is 11.8 Å². The molecule has 0 aliphatic heterocycles. The number of nitrogens with one attached hydrogen (secondary N) is 1. The van der Waals surface area contributed by atoms with E-state index in [1.807, 2.05) is 50.2 Å². The van der Waals surface area contributed by atoms with E-state index in [1.165, 1.54) is 0 Å². The quantitative estimate of drug-likeness (QED) is 0.773. The fourth-order valence-corrected chi connectivity index (χ4v) is 2.21. The number of carbonyl (C=O) groups is 2. The van der Waals surface area contributed by atoms with Crippen LogP contribution in [0.1, 0.15) is 20.8 Å². The molecule has 0 spiro atoms. The van der Waals surface area contributed by atoms with Crippen LogP contribution in [0.3, 0.4) is 0 Å². The fourth-order valence-electron chi connectivity index (χ4n) is 2.21. The Kier molecular flexibility index (Phi) is 6.18. The third-order valence-electron chi connectivity index (χ3n) is 4.23. The van der Waals surface area contributed by atoms with Crippen molar-refractivity contribution in [1.29, 1.82) is 5.26 Å². The van der Waals surface area contributed by atoms with Gasteiger partial charge >= 0.3 is 5.97 Å². The first-order valence-electron chi connectivity index (χ1n) is 8.33. The summed E-state index contributed by atoms with van der Waals surface area (Å²) in [6, 6.07) is 15.4. The summed E-state index contributed by atoms with van der Waals surface area (Å²) < 4.78 is 10.3. The van der Waals surface area contributed by atoms with Crippen LogP contribution >= 0.6 is 0 Å². The van der Waals surface area contributed by atoms with Gasteiger partial charge in [-0.25, -0.2) is 4.79 Å². The lowest BCUT2D eigenvalue weighted by Gasteiger charge is -2.27. The normalized spacial score (nSPS) is 12.9. The maximum Gasteiger partial charge on any atom is 0.344 e. The standard InChI is InChI=1S/C20H22N2O4/c1-14(2)20(3,13-21)22-18(23)11-26-19(24)12-25-17-9-8-15-6-4-5-7-16(15)10-17/h4-10,14H,11-12H2,1-3H3,(H,22,23)/t20-/m0/s1. The Hall–Kier alpha value is -3.07. The second-order valence-corrected chi connectivity index (χ2v) is 6.48. The van der Waals surface area contributed by atoms with E-state index in [0.29, 0.717) is 5.75 Å². The van der Waals surface area contributed by atoms with Gasteiger partial charge in [-0.3, -0.25) is 4.79 Å². The highest BCUT2D eigenvalue weighted by Gasteiger charge is 2.30. The monoisotopic (exact) mass is 354 g/mol. The lowest BCUT2D eigenvalue weighted by molar-refractivity contribution is -0.150. The molecule has 0 aromatic heterocycles. The van der Waals surface area contributed by atoms with Gasteiger partial charge in [0.1, 0.15) is 11.3 Å². The minimum absolute atomic E-state index is 0.0802. The molecular weight excluding hydrogens is 332 g/mol. The molecule has 26 heavy (non-hydrogen) atoms. The van der Waals surface area contributed by atoms with Gasteiger partial charge in [0, 0.05) is 0 Å². The van der Waals surface area contributed by atoms with E-state index in [-0.39, 0.29) is 12.5 Å². The van der Waals surface area contributed by atoms with Crippen LogP contribution in [0.2, 0.25) is 0 Å². The Balaban J connectivity index is 1.81. The molecule has 6 nitrogen and oxygen atoms in total. The first kappa shape index (κ1) is 19.3. The third kappa shape index (κ3) is 4.96. The molecule has 2 rings (SSSR count). The van der Waals surface area contributed by atoms with Gasteiger partial charge in [0.25, 0.3) is 5.91 Å². The molecule has 0 radical (unpaired) electrons. The third-order valence-corrected chi connectivity index (χ3v) is 4.23. The summed E-state index contributed by atoms with van der Waals surface area (Å²) in [5, 5.41) is 13.8. The van der Waals surface area contributed by atoms with Crippen molar-refractivity contribution < 1.29 is 19.1 Å². The molecule has 0 fully saturated rings. The van der Waals surface area contributed by atoms with E-state index in [1.54, 1.807) is 13.0 Å². The summed E-state index contributed by atoms with van der Waals surface area (Å²) >= 11 is 0. The number of ether oxygens (including phenoxy) is 2. The van der Waals surface area contributed by atoms with Crippen LogP contribution in [-0.4, -0.2) is 30.6 Å². The van der Waals surface area contributed by atoms with Crippen molar-refractivity contribution in [3.05, 3.63) is 42.5 Å². The van der Waals surface area contributed by atoms with Crippen LogP contribution in [0.4, 0.5) is 0 Å². The van der Waals surface area contributed by atoms with Gasteiger partial charge in [-0.05, 0) is 35.7 Å². The molecule has 0 aliphatic carbocycles. The lowest BCUT2D eigenvalue weighted by Crippen LogP contribution is -2.50. The number of benzene rings is 2. The maximum atomic E-state index is 11.9. The zero-order valence-electron chi connectivity index (χ0n) is 15.1. The largest absolute Gasteiger partial charge is 0.482 e. The fraction of sp³-hybridized carbons (Fsp3) is 0.350. The zero-order valence-corrected chi connectivity index (χ0v) is 15.1. The van der Waals surface area contributed by atoms with E-state index >= 15 is 0 Å². The minimum Gasteiger partial charge on any atom is -0.482 e. The van der Waals surface area contributed by atoms with Crippen LogP contribution in [-0.2, 0) is 14.3 Å². The van der Waals surface area contributed by atoms with Crippen molar-refractivity contribution in [1.82, 2.24) is 5.32 Å². The van der Waals surface area contributed by atoms with Crippen molar-refractivity contribution in [3.63, 3.8) is 0 Å². The molecule has 2 aromatic rings. The number of nitriles is 1. The number of hydrogen-bond donors (Lipinski definition) is 1. The van der Waals surface area contributed by atoms with Gasteiger partial charge in [0.15, 0.2) is 13.2 Å².